The predicted molar refractivity (Wildman–Crippen MR) is 68.3 cm³/mol. The zero-order valence-electron chi connectivity index (χ0n) is 9.72. The third kappa shape index (κ3) is 5.37. The van der Waals surface area contributed by atoms with E-state index >= 15 is 0 Å². The van der Waals surface area contributed by atoms with Crippen molar-refractivity contribution in [3.63, 3.8) is 0 Å². The summed E-state index contributed by atoms with van der Waals surface area (Å²) >= 11 is 0. The molecule has 1 aromatic rings. The predicted octanol–water partition coefficient (Wildman–Crippen LogP) is 2.79. The van der Waals surface area contributed by atoms with Gasteiger partial charge in [-0.1, -0.05) is 24.8 Å². The Bertz CT molecular complexity index is 433. The number of rotatable bonds is 5. The molecule has 0 aliphatic rings. The summed E-state index contributed by atoms with van der Waals surface area (Å²) in [6.07, 6.45) is 6.54. The molecule has 0 saturated heterocycles. The second kappa shape index (κ2) is 7.06. The molecule has 0 aliphatic carbocycles. The summed E-state index contributed by atoms with van der Waals surface area (Å²) in [6.45, 7) is 5.10. The smallest absolute Gasteiger partial charge is 0.220 e. The van der Waals surface area contributed by atoms with Crippen molar-refractivity contribution in [3.8, 4) is 5.75 Å². The van der Waals surface area contributed by atoms with E-state index in [0.29, 0.717) is 5.76 Å². The number of amides is 1. The highest BCUT2D eigenvalue weighted by molar-refractivity contribution is 5.73. The minimum Gasteiger partial charge on any atom is -0.457 e. The van der Waals surface area contributed by atoms with Crippen molar-refractivity contribution in [2.24, 2.45) is 0 Å². The SMILES string of the molecule is C=C/C(=C\C=C\NC(C)=O)Oc1ccccc1. The van der Waals surface area contributed by atoms with Crippen LogP contribution in [0.25, 0.3) is 0 Å². The van der Waals surface area contributed by atoms with Gasteiger partial charge in [-0.15, -0.1) is 0 Å². The second-order valence-corrected chi connectivity index (χ2v) is 3.25. The summed E-state index contributed by atoms with van der Waals surface area (Å²) in [4.78, 5) is 10.6. The number of hydrogen-bond acceptors (Lipinski definition) is 2. The van der Waals surface area contributed by atoms with E-state index in [1.165, 1.54) is 6.92 Å². The molecule has 3 heteroatoms. The molecule has 17 heavy (non-hydrogen) atoms. The molecular weight excluding hydrogens is 214 g/mol. The molecule has 1 rings (SSSR count). The molecule has 0 radical (unpaired) electrons. The Hall–Kier alpha value is -2.29. The van der Waals surface area contributed by atoms with Gasteiger partial charge in [0.15, 0.2) is 0 Å². The Kier molecular flexibility index (Phi) is 5.31. The summed E-state index contributed by atoms with van der Waals surface area (Å²) in [5.74, 6) is 1.24. The van der Waals surface area contributed by atoms with E-state index in [1.54, 1.807) is 24.4 Å². The molecule has 0 saturated carbocycles. The average Bonchev–Trinajstić information content (AvgIpc) is 2.34. The first kappa shape index (κ1) is 12.8. The number of ether oxygens (including phenoxy) is 1. The van der Waals surface area contributed by atoms with Crippen molar-refractivity contribution in [2.45, 2.75) is 6.92 Å². The van der Waals surface area contributed by atoms with Crippen molar-refractivity contribution < 1.29 is 9.53 Å². The maximum absolute atomic E-state index is 10.6. The van der Waals surface area contributed by atoms with E-state index in [-0.39, 0.29) is 5.91 Å². The molecule has 0 atom stereocenters. The van der Waals surface area contributed by atoms with Crippen LogP contribution in [-0.2, 0) is 4.79 Å². The Morgan fingerprint density at radius 2 is 2.06 bits per heavy atom. The maximum Gasteiger partial charge on any atom is 0.220 e. The first-order chi connectivity index (χ1) is 8.22. The van der Waals surface area contributed by atoms with Crippen LogP contribution in [0.1, 0.15) is 6.92 Å². The molecule has 0 aromatic heterocycles. The second-order valence-electron chi connectivity index (χ2n) is 3.25. The highest BCUT2D eigenvalue weighted by Gasteiger charge is 1.93. The lowest BCUT2D eigenvalue weighted by molar-refractivity contribution is -0.118. The zero-order valence-corrected chi connectivity index (χ0v) is 9.72. The molecule has 0 heterocycles. The van der Waals surface area contributed by atoms with Crippen molar-refractivity contribution in [1.29, 1.82) is 0 Å². The summed E-state index contributed by atoms with van der Waals surface area (Å²) < 4.78 is 5.55. The minimum atomic E-state index is -0.112. The number of benzene rings is 1. The molecule has 0 fully saturated rings. The number of para-hydroxylation sites is 1. The monoisotopic (exact) mass is 229 g/mol. The van der Waals surface area contributed by atoms with Gasteiger partial charge in [0.05, 0.1) is 0 Å². The topological polar surface area (TPSA) is 38.3 Å². The first-order valence-corrected chi connectivity index (χ1v) is 5.21. The summed E-state index contributed by atoms with van der Waals surface area (Å²) in [7, 11) is 0. The lowest BCUT2D eigenvalue weighted by Gasteiger charge is -2.04. The molecule has 0 bridgehead atoms. The van der Waals surface area contributed by atoms with Gasteiger partial charge < -0.3 is 10.1 Å². The van der Waals surface area contributed by atoms with Gasteiger partial charge in [0, 0.05) is 13.1 Å². The van der Waals surface area contributed by atoms with Gasteiger partial charge in [0.1, 0.15) is 11.5 Å². The van der Waals surface area contributed by atoms with E-state index < -0.39 is 0 Å². The van der Waals surface area contributed by atoms with Crippen LogP contribution in [0.5, 0.6) is 5.75 Å². The number of allylic oxidation sites excluding steroid dienone is 3. The van der Waals surface area contributed by atoms with Crippen LogP contribution in [-0.4, -0.2) is 5.91 Å². The highest BCUT2D eigenvalue weighted by atomic mass is 16.5. The van der Waals surface area contributed by atoms with Crippen molar-refractivity contribution >= 4 is 5.91 Å². The van der Waals surface area contributed by atoms with Gasteiger partial charge in [-0.3, -0.25) is 4.79 Å². The standard InChI is InChI=1S/C14H15NO2/c1-3-13(10-7-11-15-12(2)16)17-14-8-5-4-6-9-14/h3-11H,1H2,2H3,(H,15,16)/b11-7+,13-10+. The van der Waals surface area contributed by atoms with Crippen LogP contribution in [0.2, 0.25) is 0 Å². The van der Waals surface area contributed by atoms with Crippen LogP contribution < -0.4 is 10.1 Å². The zero-order chi connectivity index (χ0) is 12.5. The van der Waals surface area contributed by atoms with Gasteiger partial charge in [-0.05, 0) is 30.4 Å². The summed E-state index contributed by atoms with van der Waals surface area (Å²) in [5.41, 5.74) is 0. The van der Waals surface area contributed by atoms with E-state index in [2.05, 4.69) is 11.9 Å². The molecule has 3 nitrogen and oxygen atoms in total. The van der Waals surface area contributed by atoms with Crippen LogP contribution in [0.3, 0.4) is 0 Å². The fourth-order valence-corrected chi connectivity index (χ4v) is 1.08. The fourth-order valence-electron chi connectivity index (χ4n) is 1.08. The molecule has 0 unspecified atom stereocenters. The molecule has 0 aliphatic heterocycles. The van der Waals surface area contributed by atoms with Crippen molar-refractivity contribution in [2.75, 3.05) is 0 Å². The van der Waals surface area contributed by atoms with E-state index in [1.807, 2.05) is 30.3 Å². The number of carbonyl (C=O) groups is 1. The van der Waals surface area contributed by atoms with Gasteiger partial charge in [0.25, 0.3) is 0 Å². The van der Waals surface area contributed by atoms with Gasteiger partial charge in [-0.2, -0.15) is 0 Å². The summed E-state index contributed by atoms with van der Waals surface area (Å²) in [6, 6.07) is 9.41. The normalized spacial score (nSPS) is 11.2. The van der Waals surface area contributed by atoms with Crippen LogP contribution in [0.4, 0.5) is 0 Å². The molecular formula is C14H15NO2. The van der Waals surface area contributed by atoms with E-state index in [9.17, 15) is 4.79 Å². The number of carbonyl (C=O) groups excluding carboxylic acids is 1. The maximum atomic E-state index is 10.6. The molecule has 0 spiro atoms. The van der Waals surface area contributed by atoms with Crippen LogP contribution in [0, 0.1) is 0 Å². The largest absolute Gasteiger partial charge is 0.457 e. The number of nitrogens with one attached hydrogen (secondary N) is 1. The van der Waals surface area contributed by atoms with Gasteiger partial charge >= 0.3 is 0 Å². The fraction of sp³-hybridized carbons (Fsp3) is 0.0714. The molecule has 1 amide bonds. The first-order valence-electron chi connectivity index (χ1n) is 5.21. The lowest BCUT2D eigenvalue weighted by atomic mass is 10.3. The Labute approximate surface area is 101 Å². The Morgan fingerprint density at radius 3 is 2.65 bits per heavy atom. The number of hydrogen-bond donors (Lipinski definition) is 1. The summed E-state index contributed by atoms with van der Waals surface area (Å²) in [5, 5.41) is 2.53. The Balaban J connectivity index is 2.59. The van der Waals surface area contributed by atoms with Gasteiger partial charge in [-0.25, -0.2) is 0 Å². The third-order valence-electron chi connectivity index (χ3n) is 1.82. The Morgan fingerprint density at radius 1 is 1.35 bits per heavy atom. The van der Waals surface area contributed by atoms with Crippen molar-refractivity contribution in [1.82, 2.24) is 5.32 Å². The van der Waals surface area contributed by atoms with Crippen molar-refractivity contribution in [3.05, 3.63) is 67.1 Å². The minimum absolute atomic E-state index is 0.112. The van der Waals surface area contributed by atoms with Gasteiger partial charge in [0.2, 0.25) is 5.91 Å². The van der Waals surface area contributed by atoms with Crippen LogP contribution in [0.15, 0.2) is 67.1 Å². The third-order valence-corrected chi connectivity index (χ3v) is 1.82. The molecule has 1 N–H and O–H groups in total. The molecule has 88 valence electrons. The quantitative estimate of drug-likeness (QED) is 0.622. The average molecular weight is 229 g/mol. The molecule has 1 aromatic carbocycles. The highest BCUT2D eigenvalue weighted by Crippen LogP contribution is 2.13. The van der Waals surface area contributed by atoms with E-state index in [0.717, 1.165) is 5.75 Å². The van der Waals surface area contributed by atoms with E-state index in [4.69, 9.17) is 4.74 Å². The lowest BCUT2D eigenvalue weighted by Crippen LogP contribution is -2.11. The van der Waals surface area contributed by atoms with Crippen LogP contribution >= 0.6 is 0 Å².